The van der Waals surface area contributed by atoms with Gasteiger partial charge in [0.1, 0.15) is 12.0 Å². The molecule has 0 atom stereocenters. The van der Waals surface area contributed by atoms with Gasteiger partial charge in [0.15, 0.2) is 6.61 Å². The number of hydrogen-bond acceptors (Lipinski definition) is 5. The van der Waals surface area contributed by atoms with E-state index < -0.39 is 18.7 Å². The predicted molar refractivity (Wildman–Crippen MR) is 73.7 cm³/mol. The van der Waals surface area contributed by atoms with Crippen molar-refractivity contribution in [2.45, 2.75) is 19.6 Å². The molecule has 6 nitrogen and oxygen atoms in total. The molecule has 0 saturated carbocycles. The van der Waals surface area contributed by atoms with Gasteiger partial charge in [0.05, 0.1) is 12.2 Å². The number of rotatable bonds is 5. The van der Waals surface area contributed by atoms with Crippen LogP contribution in [0.3, 0.4) is 0 Å². The lowest BCUT2D eigenvalue weighted by atomic mass is 10.3. The lowest BCUT2D eigenvalue weighted by Gasteiger charge is -2.09. The van der Waals surface area contributed by atoms with Crippen LogP contribution < -0.4 is 10.1 Å². The molecule has 0 aliphatic rings. The number of aryl methyl sites for hydroxylation is 1. The van der Waals surface area contributed by atoms with Crippen molar-refractivity contribution in [3.63, 3.8) is 0 Å². The molecule has 0 spiro atoms. The molecule has 0 bridgehead atoms. The van der Waals surface area contributed by atoms with Crippen LogP contribution in [0.25, 0.3) is 0 Å². The average molecular weight is 326 g/mol. The zero-order valence-corrected chi connectivity index (χ0v) is 12.1. The van der Waals surface area contributed by atoms with E-state index in [2.05, 4.69) is 25.0 Å². The van der Waals surface area contributed by atoms with E-state index in [9.17, 15) is 18.0 Å². The Balaban J connectivity index is 1.94. The van der Waals surface area contributed by atoms with Crippen LogP contribution in [-0.4, -0.2) is 33.6 Å². The summed E-state index contributed by atoms with van der Waals surface area (Å²) in [4.78, 5) is 23.5. The summed E-state index contributed by atoms with van der Waals surface area (Å²) in [5.41, 5.74) is 1.21. The van der Waals surface area contributed by atoms with Crippen molar-refractivity contribution in [3.05, 3.63) is 47.7 Å². The fraction of sp³-hybridized carbons (Fsp3) is 0.286. The number of carbonyl (C=O) groups excluding carboxylic acids is 1. The molecule has 2 heterocycles. The summed E-state index contributed by atoms with van der Waals surface area (Å²) in [5, 5.41) is 2.57. The van der Waals surface area contributed by atoms with Crippen molar-refractivity contribution < 1.29 is 22.7 Å². The van der Waals surface area contributed by atoms with Crippen LogP contribution in [0.5, 0.6) is 5.88 Å². The molecule has 1 N–H and O–H groups in total. The van der Waals surface area contributed by atoms with Crippen molar-refractivity contribution in [3.8, 4) is 5.88 Å². The van der Waals surface area contributed by atoms with Gasteiger partial charge >= 0.3 is 6.18 Å². The number of halogens is 3. The van der Waals surface area contributed by atoms with Crippen molar-refractivity contribution in [2.75, 3.05) is 6.61 Å². The second-order valence-corrected chi connectivity index (χ2v) is 4.60. The molecule has 0 aliphatic carbocycles. The van der Waals surface area contributed by atoms with Gasteiger partial charge in [-0.05, 0) is 19.1 Å². The molecule has 0 aromatic carbocycles. The minimum atomic E-state index is -4.43. The first-order valence-corrected chi connectivity index (χ1v) is 6.56. The normalized spacial score (nSPS) is 11.1. The zero-order chi connectivity index (χ0) is 16.9. The van der Waals surface area contributed by atoms with E-state index >= 15 is 0 Å². The molecular weight excluding hydrogens is 313 g/mol. The molecule has 23 heavy (non-hydrogen) atoms. The Morgan fingerprint density at radius 2 is 2.09 bits per heavy atom. The minimum Gasteiger partial charge on any atom is -0.468 e. The van der Waals surface area contributed by atoms with Crippen LogP contribution in [0, 0.1) is 6.92 Å². The Hall–Kier alpha value is -2.71. The summed E-state index contributed by atoms with van der Waals surface area (Å²) in [6.07, 6.45) is -3.16. The topological polar surface area (TPSA) is 77.0 Å². The van der Waals surface area contributed by atoms with Crippen LogP contribution in [-0.2, 0) is 6.54 Å². The fourth-order valence-corrected chi connectivity index (χ4v) is 1.63. The SMILES string of the molecule is Cc1cc(C(=O)NCc2cccc(OCC(F)(F)F)n2)ncn1. The number of amides is 1. The van der Waals surface area contributed by atoms with E-state index in [1.807, 2.05) is 0 Å². The van der Waals surface area contributed by atoms with E-state index in [1.54, 1.807) is 13.0 Å². The van der Waals surface area contributed by atoms with Gasteiger partial charge in [-0.15, -0.1) is 0 Å². The van der Waals surface area contributed by atoms with E-state index in [0.717, 1.165) is 0 Å². The number of nitrogens with zero attached hydrogens (tertiary/aromatic N) is 3. The number of hydrogen-bond donors (Lipinski definition) is 1. The first-order valence-electron chi connectivity index (χ1n) is 6.56. The molecule has 0 saturated heterocycles. The van der Waals surface area contributed by atoms with Crippen molar-refractivity contribution in [2.24, 2.45) is 0 Å². The molecule has 1 amide bonds. The Kier molecular flexibility index (Phi) is 5.09. The van der Waals surface area contributed by atoms with Crippen molar-refractivity contribution >= 4 is 5.91 Å². The third-order valence-electron chi connectivity index (χ3n) is 2.63. The lowest BCUT2D eigenvalue weighted by Crippen LogP contribution is -2.24. The molecule has 122 valence electrons. The Labute approximate surface area is 129 Å². The van der Waals surface area contributed by atoms with Crippen LogP contribution in [0.2, 0.25) is 0 Å². The zero-order valence-electron chi connectivity index (χ0n) is 12.1. The van der Waals surface area contributed by atoms with Gasteiger partial charge in [-0.3, -0.25) is 4.79 Å². The van der Waals surface area contributed by atoms with Crippen molar-refractivity contribution in [1.82, 2.24) is 20.3 Å². The Bertz CT molecular complexity index is 692. The highest BCUT2D eigenvalue weighted by Gasteiger charge is 2.28. The van der Waals surface area contributed by atoms with Gasteiger partial charge in [0.25, 0.3) is 5.91 Å². The average Bonchev–Trinajstić information content (AvgIpc) is 2.50. The Morgan fingerprint density at radius 3 is 2.78 bits per heavy atom. The van der Waals surface area contributed by atoms with E-state index in [-0.39, 0.29) is 18.1 Å². The maximum atomic E-state index is 12.1. The summed E-state index contributed by atoms with van der Waals surface area (Å²) < 4.78 is 40.8. The van der Waals surface area contributed by atoms with Crippen LogP contribution >= 0.6 is 0 Å². The molecule has 2 aromatic heterocycles. The van der Waals surface area contributed by atoms with Crippen LogP contribution in [0.4, 0.5) is 13.2 Å². The maximum absolute atomic E-state index is 12.1. The molecule has 9 heteroatoms. The highest BCUT2D eigenvalue weighted by Crippen LogP contribution is 2.17. The smallest absolute Gasteiger partial charge is 0.422 e. The third kappa shape index (κ3) is 5.53. The van der Waals surface area contributed by atoms with E-state index in [4.69, 9.17) is 0 Å². The van der Waals surface area contributed by atoms with Gasteiger partial charge in [-0.2, -0.15) is 13.2 Å². The van der Waals surface area contributed by atoms with Gasteiger partial charge in [-0.25, -0.2) is 15.0 Å². The summed E-state index contributed by atoms with van der Waals surface area (Å²) in [6.45, 7) is 0.336. The maximum Gasteiger partial charge on any atom is 0.422 e. The number of nitrogens with one attached hydrogen (secondary N) is 1. The molecule has 0 unspecified atom stereocenters. The molecule has 0 fully saturated rings. The molecule has 2 rings (SSSR count). The minimum absolute atomic E-state index is 0.0328. The second kappa shape index (κ2) is 7.03. The summed E-state index contributed by atoms with van der Waals surface area (Å²) >= 11 is 0. The number of aromatic nitrogens is 3. The Morgan fingerprint density at radius 1 is 1.30 bits per heavy atom. The quantitative estimate of drug-likeness (QED) is 0.910. The molecule has 0 radical (unpaired) electrons. The third-order valence-corrected chi connectivity index (χ3v) is 2.63. The van der Waals surface area contributed by atoms with E-state index in [0.29, 0.717) is 11.4 Å². The summed E-state index contributed by atoms with van der Waals surface area (Å²) in [6, 6.07) is 5.89. The highest BCUT2D eigenvalue weighted by molar-refractivity contribution is 5.92. The van der Waals surface area contributed by atoms with E-state index in [1.165, 1.54) is 24.5 Å². The highest BCUT2D eigenvalue weighted by atomic mass is 19.4. The van der Waals surface area contributed by atoms with Gasteiger partial charge in [0, 0.05) is 11.8 Å². The van der Waals surface area contributed by atoms with Crippen molar-refractivity contribution in [1.29, 1.82) is 0 Å². The largest absolute Gasteiger partial charge is 0.468 e. The molecular formula is C14H13F3N4O2. The second-order valence-electron chi connectivity index (χ2n) is 4.60. The number of carbonyl (C=O) groups is 1. The number of ether oxygens (including phenoxy) is 1. The van der Waals surface area contributed by atoms with Gasteiger partial charge < -0.3 is 10.1 Å². The fourth-order valence-electron chi connectivity index (χ4n) is 1.63. The van der Waals surface area contributed by atoms with Gasteiger partial charge in [-0.1, -0.05) is 6.07 Å². The first kappa shape index (κ1) is 16.7. The summed E-state index contributed by atoms with van der Waals surface area (Å²) in [5.74, 6) is -0.592. The number of alkyl halides is 3. The monoisotopic (exact) mass is 326 g/mol. The predicted octanol–water partition coefficient (Wildman–Crippen LogP) is 2.05. The lowest BCUT2D eigenvalue weighted by molar-refractivity contribution is -0.154. The van der Waals surface area contributed by atoms with Gasteiger partial charge in [0.2, 0.25) is 5.88 Å². The molecule has 0 aliphatic heterocycles. The van der Waals surface area contributed by atoms with Crippen LogP contribution in [0.15, 0.2) is 30.6 Å². The standard InChI is InChI=1S/C14H13F3N4O2/c1-9-5-11(20-8-19-9)13(22)18-6-10-3-2-4-12(21-10)23-7-14(15,16)17/h2-5,8H,6-7H2,1H3,(H,18,22). The molecule has 2 aromatic rings. The first-order chi connectivity index (χ1) is 10.8. The summed E-state index contributed by atoms with van der Waals surface area (Å²) in [7, 11) is 0. The number of pyridine rings is 1. The van der Waals surface area contributed by atoms with Crippen LogP contribution in [0.1, 0.15) is 21.9 Å².